The smallest absolute Gasteiger partial charge is 0.270 e. The molecule has 6 heteroatoms. The van der Waals surface area contributed by atoms with Crippen LogP contribution in [0.3, 0.4) is 0 Å². The molecule has 2 aliphatic carbocycles. The van der Waals surface area contributed by atoms with Crippen LogP contribution >= 0.6 is 0 Å². The van der Waals surface area contributed by atoms with Crippen LogP contribution in [0, 0.1) is 12.8 Å². The van der Waals surface area contributed by atoms with Crippen molar-refractivity contribution < 1.29 is 14.6 Å². The van der Waals surface area contributed by atoms with E-state index in [1.165, 1.54) is 16.7 Å². The van der Waals surface area contributed by atoms with Gasteiger partial charge in [-0.1, -0.05) is 12.1 Å². The number of carbonyl (C=O) groups excluding carboxylic acids is 1. The van der Waals surface area contributed by atoms with E-state index in [9.17, 15) is 9.90 Å². The van der Waals surface area contributed by atoms with E-state index in [-0.39, 0.29) is 23.2 Å². The number of phenols is 1. The summed E-state index contributed by atoms with van der Waals surface area (Å²) in [6.07, 6.45) is 4.68. The van der Waals surface area contributed by atoms with Crippen molar-refractivity contribution >= 4 is 5.91 Å². The quantitative estimate of drug-likeness (QED) is 0.683. The number of carbonyl (C=O) groups is 1. The van der Waals surface area contributed by atoms with Crippen molar-refractivity contribution in [3.05, 3.63) is 58.4 Å². The van der Waals surface area contributed by atoms with Gasteiger partial charge in [-0.3, -0.25) is 9.69 Å². The molecule has 2 aromatic rings. The molecule has 1 fully saturated rings. The molecule has 0 unspecified atom stereocenters. The van der Waals surface area contributed by atoms with Gasteiger partial charge in [-0.2, -0.15) is 0 Å². The normalized spacial score (nSPS) is 28.6. The van der Waals surface area contributed by atoms with Crippen LogP contribution < -0.4 is 4.74 Å². The Kier molecular flexibility index (Phi) is 4.51. The summed E-state index contributed by atoms with van der Waals surface area (Å²) in [5.41, 5.74) is 6.38. The second-order valence-corrected chi connectivity index (χ2v) is 10.1. The second kappa shape index (κ2) is 7.13. The van der Waals surface area contributed by atoms with E-state index < -0.39 is 0 Å². The van der Waals surface area contributed by atoms with Gasteiger partial charge in [0.05, 0.1) is 5.69 Å². The molecule has 1 saturated heterocycles. The number of H-pyrrole nitrogens is 1. The fraction of sp³-hybridized carbons (Fsp3) is 0.519. The Morgan fingerprint density at radius 3 is 2.88 bits per heavy atom. The van der Waals surface area contributed by atoms with Crippen LogP contribution in [0.5, 0.6) is 11.5 Å². The monoisotopic (exact) mass is 447 g/mol. The van der Waals surface area contributed by atoms with Gasteiger partial charge in [-0.25, -0.2) is 0 Å². The molecule has 0 radical (unpaired) electrons. The zero-order valence-corrected chi connectivity index (χ0v) is 19.8. The van der Waals surface area contributed by atoms with E-state index in [1.807, 2.05) is 24.8 Å². The van der Waals surface area contributed by atoms with E-state index >= 15 is 0 Å². The van der Waals surface area contributed by atoms with Crippen LogP contribution in [-0.4, -0.2) is 58.0 Å². The number of fused-ring (bicyclic) bond motifs is 2. The highest BCUT2D eigenvalue weighted by atomic mass is 16.5. The van der Waals surface area contributed by atoms with Crippen molar-refractivity contribution in [1.29, 1.82) is 0 Å². The van der Waals surface area contributed by atoms with Gasteiger partial charge >= 0.3 is 0 Å². The summed E-state index contributed by atoms with van der Waals surface area (Å²) in [4.78, 5) is 21.3. The number of rotatable bonds is 5. The molecule has 6 rings (SSSR count). The Balaban J connectivity index is 1.55. The topological polar surface area (TPSA) is 68.8 Å². The van der Waals surface area contributed by atoms with E-state index in [4.69, 9.17) is 4.74 Å². The Bertz CT molecular complexity index is 1160. The molecule has 4 atom stereocenters. The lowest BCUT2D eigenvalue weighted by Gasteiger charge is -2.58. The third-order valence-electron chi connectivity index (χ3n) is 8.96. The van der Waals surface area contributed by atoms with Gasteiger partial charge in [0.15, 0.2) is 11.5 Å². The molecule has 174 valence electrons. The molecule has 3 heterocycles. The fourth-order valence-electron chi connectivity index (χ4n) is 7.45. The Morgan fingerprint density at radius 2 is 2.15 bits per heavy atom. The number of piperidine rings is 1. The first-order chi connectivity index (χ1) is 16.0. The second-order valence-electron chi connectivity index (χ2n) is 10.1. The van der Waals surface area contributed by atoms with Crippen molar-refractivity contribution in [2.24, 2.45) is 5.92 Å². The van der Waals surface area contributed by atoms with Crippen molar-refractivity contribution in [2.75, 3.05) is 26.2 Å². The third kappa shape index (κ3) is 2.50. The molecule has 1 spiro atoms. The van der Waals surface area contributed by atoms with Gasteiger partial charge in [0.1, 0.15) is 11.8 Å². The highest BCUT2D eigenvalue weighted by molar-refractivity contribution is 5.94. The first kappa shape index (κ1) is 20.8. The van der Waals surface area contributed by atoms with E-state index in [0.717, 1.165) is 43.6 Å². The van der Waals surface area contributed by atoms with Crippen molar-refractivity contribution in [3.8, 4) is 11.5 Å². The summed E-state index contributed by atoms with van der Waals surface area (Å²) in [5.74, 6) is 1.33. The maximum absolute atomic E-state index is 13.3. The Hall–Kier alpha value is -2.73. The molecule has 2 N–H and O–H groups in total. The summed E-state index contributed by atoms with van der Waals surface area (Å²) in [7, 11) is 0. The fourth-order valence-corrected chi connectivity index (χ4v) is 7.45. The molecule has 2 aliphatic heterocycles. The lowest BCUT2D eigenvalue weighted by molar-refractivity contribution is -0.0314. The number of hydrogen-bond acceptors (Lipinski definition) is 4. The minimum absolute atomic E-state index is 0.0580. The predicted molar refractivity (Wildman–Crippen MR) is 127 cm³/mol. The zero-order chi connectivity index (χ0) is 23.1. The number of phenolic OH excluding ortho intramolecular Hbond substituents is 1. The maximum atomic E-state index is 13.3. The summed E-state index contributed by atoms with van der Waals surface area (Å²) in [6, 6.07) is 4.27. The number of ether oxygens (including phenoxy) is 1. The predicted octanol–water partition coefficient (Wildman–Crippen LogP) is 3.87. The van der Waals surface area contributed by atoms with E-state index in [2.05, 4.69) is 29.5 Å². The summed E-state index contributed by atoms with van der Waals surface area (Å²) in [6.45, 7) is 13.4. The van der Waals surface area contributed by atoms with Gasteiger partial charge in [0, 0.05) is 36.7 Å². The highest BCUT2D eigenvalue weighted by Gasteiger charge is 2.65. The minimum Gasteiger partial charge on any atom is -0.504 e. The third-order valence-corrected chi connectivity index (χ3v) is 8.96. The van der Waals surface area contributed by atoms with Gasteiger partial charge in [-0.05, 0) is 75.3 Å². The number of aromatic amines is 1. The lowest BCUT2D eigenvalue weighted by Crippen LogP contribution is -2.62. The molecule has 0 saturated carbocycles. The van der Waals surface area contributed by atoms with Gasteiger partial charge in [0.25, 0.3) is 5.91 Å². The van der Waals surface area contributed by atoms with Crippen LogP contribution in [-0.2, 0) is 18.3 Å². The minimum atomic E-state index is -0.195. The van der Waals surface area contributed by atoms with Gasteiger partial charge in [-0.15, -0.1) is 6.58 Å². The van der Waals surface area contributed by atoms with Gasteiger partial charge in [0.2, 0.25) is 0 Å². The molecule has 1 aromatic heterocycles. The van der Waals surface area contributed by atoms with Crippen LogP contribution in [0.1, 0.15) is 64.8 Å². The van der Waals surface area contributed by atoms with Crippen molar-refractivity contribution in [2.45, 2.75) is 57.6 Å². The maximum Gasteiger partial charge on any atom is 0.270 e. The molecule has 4 aliphatic rings. The molecule has 1 aromatic carbocycles. The van der Waals surface area contributed by atoms with Gasteiger partial charge < -0.3 is 19.7 Å². The molecular weight excluding hydrogens is 414 g/mol. The average molecular weight is 448 g/mol. The van der Waals surface area contributed by atoms with Crippen molar-refractivity contribution in [1.82, 2.24) is 14.8 Å². The van der Waals surface area contributed by atoms with E-state index in [1.54, 1.807) is 6.07 Å². The number of aromatic hydroxyl groups is 1. The van der Waals surface area contributed by atoms with Crippen molar-refractivity contribution in [3.63, 3.8) is 0 Å². The first-order valence-corrected chi connectivity index (χ1v) is 12.3. The van der Waals surface area contributed by atoms with Crippen LogP contribution in [0.25, 0.3) is 0 Å². The summed E-state index contributed by atoms with van der Waals surface area (Å²) < 4.78 is 6.65. The Labute approximate surface area is 195 Å². The first-order valence-electron chi connectivity index (χ1n) is 12.3. The summed E-state index contributed by atoms with van der Waals surface area (Å²) >= 11 is 0. The number of amides is 1. The molecule has 6 nitrogen and oxygen atoms in total. The molecule has 1 amide bonds. The Morgan fingerprint density at radius 1 is 1.36 bits per heavy atom. The zero-order valence-electron chi connectivity index (χ0n) is 19.8. The highest BCUT2D eigenvalue weighted by Crippen LogP contribution is 2.67. The number of nitrogens with zero attached hydrogens (tertiary/aromatic N) is 2. The van der Waals surface area contributed by atoms with E-state index in [0.29, 0.717) is 36.5 Å². The molecule has 33 heavy (non-hydrogen) atoms. The molecular formula is C27H33N3O3. The molecule has 2 bridgehead atoms. The van der Waals surface area contributed by atoms with Crippen LogP contribution in [0.2, 0.25) is 0 Å². The lowest BCUT2D eigenvalue weighted by atomic mass is 9.51. The summed E-state index contributed by atoms with van der Waals surface area (Å²) in [5, 5.41) is 10.8. The standard InChI is InChI=1S/C27H33N3O3/c1-5-11-30-12-10-27-18-14-17-15(4)22(26(32)29(6-2)7-3)28-23(17)25(27)33-24-20(31)9-8-16(21(24)27)13-19(18)30/h5,8-9,18-19,25,28,31H,1,6-7,10-14H2,2-4H3/t18-,19-,25-,27-/m0/s1. The average Bonchev–Trinajstić information content (AvgIpc) is 3.32. The SMILES string of the molecule is C=CCN1CC[C@]23c4c5ccc(O)c4O[C@H]2c2[nH]c(C(=O)N(CC)CC)c(C)c2C[C@H]3[C@@H]1C5. The number of hydrogen-bond donors (Lipinski definition) is 2. The number of likely N-dealkylation sites (tertiary alicyclic amines) is 1. The number of aromatic nitrogens is 1. The number of benzene rings is 1. The van der Waals surface area contributed by atoms with Crippen LogP contribution in [0.15, 0.2) is 24.8 Å². The number of nitrogens with one attached hydrogen (secondary N) is 1. The van der Waals surface area contributed by atoms with Crippen LogP contribution in [0.4, 0.5) is 0 Å². The largest absolute Gasteiger partial charge is 0.504 e.